The Morgan fingerprint density at radius 3 is 1.93 bits per heavy atom. The first kappa shape index (κ1) is 20.0. The van der Waals surface area contributed by atoms with Crippen molar-refractivity contribution < 1.29 is 37.3 Å². The third kappa shape index (κ3) is 4.08. The summed E-state index contributed by atoms with van der Waals surface area (Å²) < 4.78 is 47.6. The van der Waals surface area contributed by atoms with E-state index in [4.69, 9.17) is 14.2 Å². The number of nitrogens with one attached hydrogen (secondary N) is 1. The van der Waals surface area contributed by atoms with E-state index < -0.39 is 34.8 Å². The number of halogens is 2. The number of carbonyl (C=O) groups is 2. The van der Waals surface area contributed by atoms with E-state index in [1.807, 2.05) is 0 Å². The number of hydrogen-bond acceptors (Lipinski definition) is 6. The van der Waals surface area contributed by atoms with E-state index in [1.165, 1.54) is 33.5 Å². The van der Waals surface area contributed by atoms with Crippen molar-refractivity contribution in [3.63, 3.8) is 0 Å². The highest BCUT2D eigenvalue weighted by molar-refractivity contribution is 6.05. The van der Waals surface area contributed by atoms with Crippen LogP contribution in [0.1, 0.15) is 20.7 Å². The largest absolute Gasteiger partial charge is 0.493 e. The van der Waals surface area contributed by atoms with Gasteiger partial charge in [0.15, 0.2) is 11.5 Å². The molecule has 1 amide bonds. The summed E-state index contributed by atoms with van der Waals surface area (Å²) in [6.07, 6.45) is 0. The Labute approximate surface area is 153 Å². The number of amides is 1. The summed E-state index contributed by atoms with van der Waals surface area (Å²) in [7, 11) is 5.21. The molecule has 2 aromatic rings. The highest BCUT2D eigenvalue weighted by atomic mass is 19.1. The van der Waals surface area contributed by atoms with Crippen molar-refractivity contribution in [1.82, 2.24) is 0 Å². The zero-order chi connectivity index (χ0) is 20.1. The Morgan fingerprint density at radius 1 is 0.852 bits per heavy atom. The number of ether oxygens (including phenoxy) is 4. The summed E-state index contributed by atoms with van der Waals surface area (Å²) in [5.41, 5.74) is -0.845. The number of hydrogen-bond donors (Lipinski definition) is 1. The van der Waals surface area contributed by atoms with Crippen molar-refractivity contribution in [1.29, 1.82) is 0 Å². The summed E-state index contributed by atoms with van der Waals surface area (Å²) in [5, 5.41) is 2.27. The van der Waals surface area contributed by atoms with Crippen molar-refractivity contribution in [3.05, 3.63) is 47.0 Å². The van der Waals surface area contributed by atoms with Gasteiger partial charge in [-0.05, 0) is 18.2 Å². The molecule has 9 heteroatoms. The van der Waals surface area contributed by atoms with Crippen molar-refractivity contribution in [2.24, 2.45) is 0 Å². The quantitative estimate of drug-likeness (QED) is 0.775. The van der Waals surface area contributed by atoms with E-state index in [9.17, 15) is 18.4 Å². The highest BCUT2D eigenvalue weighted by Gasteiger charge is 2.20. The first-order valence-corrected chi connectivity index (χ1v) is 7.55. The molecule has 0 spiro atoms. The molecule has 0 unspecified atom stereocenters. The Balaban J connectivity index is 2.42. The molecular weight excluding hydrogens is 364 g/mol. The Bertz CT molecular complexity index is 859. The van der Waals surface area contributed by atoms with E-state index in [-0.39, 0.29) is 22.8 Å². The van der Waals surface area contributed by atoms with Crippen molar-refractivity contribution in [2.75, 3.05) is 33.8 Å². The molecule has 0 aliphatic carbocycles. The lowest BCUT2D eigenvalue weighted by atomic mass is 10.1. The van der Waals surface area contributed by atoms with Gasteiger partial charge in [0.2, 0.25) is 5.75 Å². The maximum Gasteiger partial charge on any atom is 0.340 e. The van der Waals surface area contributed by atoms with Crippen LogP contribution in [0.4, 0.5) is 14.5 Å². The van der Waals surface area contributed by atoms with Crippen molar-refractivity contribution in [2.45, 2.75) is 0 Å². The van der Waals surface area contributed by atoms with Crippen LogP contribution in [0, 0.1) is 11.6 Å². The second kappa shape index (κ2) is 8.35. The Hall–Kier alpha value is -3.36. The summed E-state index contributed by atoms with van der Waals surface area (Å²) in [4.78, 5) is 24.0. The average molecular weight is 381 g/mol. The Morgan fingerprint density at radius 2 is 1.44 bits per heavy atom. The van der Waals surface area contributed by atoms with Crippen molar-refractivity contribution >= 4 is 17.6 Å². The van der Waals surface area contributed by atoms with E-state index in [0.29, 0.717) is 6.07 Å². The van der Waals surface area contributed by atoms with Gasteiger partial charge in [-0.25, -0.2) is 13.6 Å². The van der Waals surface area contributed by atoms with Gasteiger partial charge in [-0.15, -0.1) is 0 Å². The van der Waals surface area contributed by atoms with Gasteiger partial charge in [0.1, 0.15) is 11.6 Å². The molecule has 0 radical (unpaired) electrons. The summed E-state index contributed by atoms with van der Waals surface area (Å²) in [6, 6.07) is 4.06. The predicted molar refractivity (Wildman–Crippen MR) is 91.7 cm³/mol. The van der Waals surface area contributed by atoms with Gasteiger partial charge < -0.3 is 24.3 Å². The predicted octanol–water partition coefficient (Wildman–Crippen LogP) is 3.03. The second-order valence-corrected chi connectivity index (χ2v) is 5.17. The van der Waals surface area contributed by atoms with Crippen molar-refractivity contribution in [3.8, 4) is 17.2 Å². The lowest BCUT2D eigenvalue weighted by Crippen LogP contribution is -2.15. The fourth-order valence-corrected chi connectivity index (χ4v) is 2.32. The topological polar surface area (TPSA) is 83.1 Å². The maximum atomic E-state index is 14.0. The molecule has 0 aromatic heterocycles. The van der Waals surface area contributed by atoms with E-state index >= 15 is 0 Å². The molecule has 0 saturated carbocycles. The smallest absolute Gasteiger partial charge is 0.340 e. The van der Waals surface area contributed by atoms with E-state index in [1.54, 1.807) is 0 Å². The molecule has 2 rings (SSSR count). The fourth-order valence-electron chi connectivity index (χ4n) is 2.32. The van der Waals surface area contributed by atoms with Crippen LogP contribution in [-0.4, -0.2) is 40.3 Å². The molecule has 0 aliphatic heterocycles. The van der Waals surface area contributed by atoms with Crippen LogP contribution in [-0.2, 0) is 4.74 Å². The van der Waals surface area contributed by atoms with Gasteiger partial charge in [-0.2, -0.15) is 0 Å². The van der Waals surface area contributed by atoms with Gasteiger partial charge in [-0.3, -0.25) is 4.79 Å². The summed E-state index contributed by atoms with van der Waals surface area (Å²) in [5.74, 6) is -3.19. The van der Waals surface area contributed by atoms with Gasteiger partial charge in [0.25, 0.3) is 5.91 Å². The molecule has 0 saturated heterocycles. The molecule has 0 aliphatic rings. The molecule has 2 aromatic carbocycles. The standard InChI is InChI=1S/C18H17F2NO6/c1-24-14-5-9(6-15(25-2)16(14)26-3)17(22)21-13-7-10(18(23)27-4)11(19)8-12(13)20/h5-8H,1-4H3,(H,21,22). The van der Waals surface area contributed by atoms with Crippen LogP contribution in [0.5, 0.6) is 17.2 Å². The van der Waals surface area contributed by atoms with Gasteiger partial charge in [0.05, 0.1) is 39.7 Å². The van der Waals surface area contributed by atoms with Crippen LogP contribution in [0.15, 0.2) is 24.3 Å². The molecule has 144 valence electrons. The molecule has 7 nitrogen and oxygen atoms in total. The van der Waals surface area contributed by atoms with Gasteiger partial charge >= 0.3 is 5.97 Å². The van der Waals surface area contributed by atoms with Crippen LogP contribution in [0.3, 0.4) is 0 Å². The van der Waals surface area contributed by atoms with Crippen LogP contribution in [0.2, 0.25) is 0 Å². The van der Waals surface area contributed by atoms with E-state index in [0.717, 1.165) is 13.2 Å². The SMILES string of the molecule is COC(=O)c1cc(NC(=O)c2cc(OC)c(OC)c(OC)c2)c(F)cc1F. The minimum absolute atomic E-state index is 0.0628. The lowest BCUT2D eigenvalue weighted by molar-refractivity contribution is 0.0595. The molecule has 1 N–H and O–H groups in total. The highest BCUT2D eigenvalue weighted by Crippen LogP contribution is 2.38. The average Bonchev–Trinajstić information content (AvgIpc) is 2.67. The van der Waals surface area contributed by atoms with Gasteiger partial charge in [-0.1, -0.05) is 0 Å². The molecule has 0 fully saturated rings. The number of esters is 1. The molecule has 0 heterocycles. The minimum atomic E-state index is -1.11. The summed E-state index contributed by atoms with van der Waals surface area (Å²) >= 11 is 0. The van der Waals surface area contributed by atoms with Crippen LogP contribution < -0.4 is 19.5 Å². The number of methoxy groups -OCH3 is 4. The molecular formula is C18H17F2NO6. The summed E-state index contributed by atoms with van der Waals surface area (Å²) in [6.45, 7) is 0. The monoisotopic (exact) mass is 381 g/mol. The van der Waals surface area contributed by atoms with Crippen LogP contribution >= 0.6 is 0 Å². The number of rotatable bonds is 6. The maximum absolute atomic E-state index is 14.0. The molecule has 0 atom stereocenters. The van der Waals surface area contributed by atoms with Crippen LogP contribution in [0.25, 0.3) is 0 Å². The van der Waals surface area contributed by atoms with E-state index in [2.05, 4.69) is 10.1 Å². The number of benzene rings is 2. The normalized spacial score (nSPS) is 10.1. The lowest BCUT2D eigenvalue weighted by Gasteiger charge is -2.14. The molecule has 27 heavy (non-hydrogen) atoms. The zero-order valence-corrected chi connectivity index (χ0v) is 15.0. The first-order valence-electron chi connectivity index (χ1n) is 7.55. The third-order valence-electron chi connectivity index (χ3n) is 3.64. The minimum Gasteiger partial charge on any atom is -0.493 e. The fraction of sp³-hybridized carbons (Fsp3) is 0.222. The van der Waals surface area contributed by atoms with Gasteiger partial charge in [0, 0.05) is 11.6 Å². The molecule has 0 bridgehead atoms. The first-order chi connectivity index (χ1) is 12.9. The number of carbonyl (C=O) groups excluding carboxylic acids is 2. The third-order valence-corrected chi connectivity index (χ3v) is 3.64. The Kier molecular flexibility index (Phi) is 6.17. The zero-order valence-electron chi connectivity index (χ0n) is 15.0. The second-order valence-electron chi connectivity index (χ2n) is 5.17. The number of anilines is 1.